The zero-order chi connectivity index (χ0) is 21.7. The topological polar surface area (TPSA) is 69.7 Å². The van der Waals surface area contributed by atoms with Gasteiger partial charge < -0.3 is 5.32 Å². The number of aryl methyl sites for hydroxylation is 1. The van der Waals surface area contributed by atoms with E-state index in [1.807, 2.05) is 25.1 Å². The van der Waals surface area contributed by atoms with E-state index in [4.69, 9.17) is 11.6 Å². The van der Waals surface area contributed by atoms with Crippen LogP contribution in [-0.4, -0.2) is 35.2 Å². The van der Waals surface area contributed by atoms with Crippen LogP contribution in [0.15, 0.2) is 36.4 Å². The number of benzene rings is 2. The van der Waals surface area contributed by atoms with Crippen molar-refractivity contribution in [3.05, 3.63) is 58.4 Å². The minimum atomic E-state index is -1.21. The Balaban J connectivity index is 1.56. The SMILES string of the molecule is Cc1ccc2c(c1)[C@]1(C(=O)N2)[C@@H]2C(=O)N(c3ccc(F)c(Cl)c3)C(=O)[C@H]2[C@H]2CCCN21. The number of carbonyl (C=O) groups excluding carboxylic acids is 3. The van der Waals surface area contributed by atoms with Crippen LogP contribution in [0.1, 0.15) is 24.0 Å². The average Bonchev–Trinajstić information content (AvgIpc) is 3.43. The first-order valence-electron chi connectivity index (χ1n) is 10.4. The van der Waals surface area contributed by atoms with Gasteiger partial charge in [-0.1, -0.05) is 29.3 Å². The summed E-state index contributed by atoms with van der Waals surface area (Å²) in [4.78, 5) is 44.1. The number of rotatable bonds is 1. The van der Waals surface area contributed by atoms with Gasteiger partial charge in [-0.2, -0.15) is 0 Å². The molecule has 2 aromatic carbocycles. The zero-order valence-corrected chi connectivity index (χ0v) is 17.4. The van der Waals surface area contributed by atoms with Gasteiger partial charge in [0.25, 0.3) is 0 Å². The lowest BCUT2D eigenvalue weighted by Crippen LogP contribution is -2.54. The molecular formula is C23H19ClFN3O3. The Morgan fingerprint density at radius 1 is 1.13 bits per heavy atom. The van der Waals surface area contributed by atoms with Crippen LogP contribution in [0.25, 0.3) is 0 Å². The van der Waals surface area contributed by atoms with Gasteiger partial charge in [-0.15, -0.1) is 0 Å². The summed E-state index contributed by atoms with van der Waals surface area (Å²) in [7, 11) is 0. The summed E-state index contributed by atoms with van der Waals surface area (Å²) in [6.07, 6.45) is 1.60. The van der Waals surface area contributed by atoms with Crippen molar-refractivity contribution < 1.29 is 18.8 Å². The van der Waals surface area contributed by atoms with E-state index in [0.717, 1.165) is 34.9 Å². The Kier molecular flexibility index (Phi) is 3.76. The molecular weight excluding hydrogens is 421 g/mol. The Morgan fingerprint density at radius 3 is 2.71 bits per heavy atom. The number of carbonyl (C=O) groups is 3. The van der Waals surface area contributed by atoms with Gasteiger partial charge in [-0.3, -0.25) is 19.3 Å². The van der Waals surface area contributed by atoms with Gasteiger partial charge in [0.05, 0.1) is 22.5 Å². The summed E-state index contributed by atoms with van der Waals surface area (Å²) in [6, 6.07) is 9.34. The number of hydrogen-bond acceptors (Lipinski definition) is 4. The third-order valence-corrected chi connectivity index (χ3v) is 7.60. The van der Waals surface area contributed by atoms with Crippen molar-refractivity contribution in [1.82, 2.24) is 4.90 Å². The molecule has 3 fully saturated rings. The van der Waals surface area contributed by atoms with Crippen LogP contribution in [0.5, 0.6) is 0 Å². The second-order valence-corrected chi connectivity index (χ2v) is 9.19. The van der Waals surface area contributed by atoms with Crippen molar-refractivity contribution in [2.24, 2.45) is 11.8 Å². The number of nitrogens with zero attached hydrogens (tertiary/aromatic N) is 2. The molecule has 0 radical (unpaired) electrons. The van der Waals surface area contributed by atoms with Crippen LogP contribution in [0.3, 0.4) is 0 Å². The second kappa shape index (κ2) is 6.14. The fraction of sp³-hybridized carbons (Fsp3) is 0.348. The van der Waals surface area contributed by atoms with Gasteiger partial charge in [0, 0.05) is 17.3 Å². The monoisotopic (exact) mass is 439 g/mol. The smallest absolute Gasteiger partial charge is 0.250 e. The maximum atomic E-state index is 13.8. The molecule has 2 aromatic rings. The first-order valence-corrected chi connectivity index (χ1v) is 10.8. The third kappa shape index (κ3) is 2.18. The minimum Gasteiger partial charge on any atom is -0.324 e. The molecule has 1 spiro atoms. The normalized spacial score (nSPS) is 31.4. The maximum absolute atomic E-state index is 13.8. The van der Waals surface area contributed by atoms with E-state index in [-0.39, 0.29) is 28.6 Å². The molecule has 0 saturated carbocycles. The lowest BCUT2D eigenvalue weighted by Gasteiger charge is -2.36. The highest BCUT2D eigenvalue weighted by molar-refractivity contribution is 6.32. The first-order chi connectivity index (χ1) is 14.9. The summed E-state index contributed by atoms with van der Waals surface area (Å²) in [6.45, 7) is 2.60. The summed E-state index contributed by atoms with van der Waals surface area (Å²) in [5.41, 5.74) is 1.45. The molecule has 0 unspecified atom stereocenters. The molecule has 1 N–H and O–H groups in total. The predicted molar refractivity (Wildman–Crippen MR) is 112 cm³/mol. The van der Waals surface area contributed by atoms with Gasteiger partial charge in [-0.25, -0.2) is 9.29 Å². The fourth-order valence-electron chi connectivity index (χ4n) is 6.20. The van der Waals surface area contributed by atoms with E-state index in [0.29, 0.717) is 12.2 Å². The van der Waals surface area contributed by atoms with Crippen LogP contribution in [0, 0.1) is 24.6 Å². The van der Waals surface area contributed by atoms with Crippen LogP contribution >= 0.6 is 11.6 Å². The lowest BCUT2D eigenvalue weighted by atomic mass is 9.75. The largest absolute Gasteiger partial charge is 0.324 e. The lowest BCUT2D eigenvalue weighted by molar-refractivity contribution is -0.135. The van der Waals surface area contributed by atoms with Crippen molar-refractivity contribution in [2.45, 2.75) is 31.3 Å². The van der Waals surface area contributed by atoms with Gasteiger partial charge >= 0.3 is 0 Å². The molecule has 3 amide bonds. The second-order valence-electron chi connectivity index (χ2n) is 8.79. The number of fused-ring (bicyclic) bond motifs is 7. The minimum absolute atomic E-state index is 0.160. The van der Waals surface area contributed by atoms with Crippen LogP contribution in [-0.2, 0) is 19.9 Å². The molecule has 4 aliphatic heterocycles. The highest BCUT2D eigenvalue weighted by Gasteiger charge is 2.74. The van der Waals surface area contributed by atoms with Crippen molar-refractivity contribution in [3.8, 4) is 0 Å². The van der Waals surface area contributed by atoms with E-state index >= 15 is 0 Å². The molecule has 4 atom stereocenters. The van der Waals surface area contributed by atoms with Crippen molar-refractivity contribution in [1.29, 1.82) is 0 Å². The molecule has 0 bridgehead atoms. The van der Waals surface area contributed by atoms with E-state index in [1.54, 1.807) is 0 Å². The third-order valence-electron chi connectivity index (χ3n) is 7.31. The summed E-state index contributed by atoms with van der Waals surface area (Å²) < 4.78 is 13.7. The first kappa shape index (κ1) is 19.0. The Hall–Kier alpha value is -2.77. The van der Waals surface area contributed by atoms with Crippen LogP contribution < -0.4 is 10.2 Å². The highest BCUT2D eigenvalue weighted by atomic mass is 35.5. The summed E-state index contributed by atoms with van der Waals surface area (Å²) in [5, 5.41) is 2.80. The fourth-order valence-corrected chi connectivity index (χ4v) is 6.37. The molecule has 8 heteroatoms. The number of halogens is 2. The average molecular weight is 440 g/mol. The maximum Gasteiger partial charge on any atom is 0.250 e. The summed E-state index contributed by atoms with van der Waals surface area (Å²) >= 11 is 5.93. The Bertz CT molecular complexity index is 1200. The molecule has 4 heterocycles. The van der Waals surface area contributed by atoms with Gasteiger partial charge in [0.2, 0.25) is 17.7 Å². The van der Waals surface area contributed by atoms with Gasteiger partial charge in [0.15, 0.2) is 0 Å². The number of imide groups is 1. The van der Waals surface area contributed by atoms with E-state index in [1.165, 1.54) is 12.1 Å². The predicted octanol–water partition coefficient (Wildman–Crippen LogP) is 3.22. The van der Waals surface area contributed by atoms with E-state index in [2.05, 4.69) is 10.2 Å². The van der Waals surface area contributed by atoms with E-state index in [9.17, 15) is 18.8 Å². The quantitative estimate of drug-likeness (QED) is 0.693. The van der Waals surface area contributed by atoms with Crippen LogP contribution in [0.4, 0.5) is 15.8 Å². The van der Waals surface area contributed by atoms with Crippen molar-refractivity contribution >= 4 is 40.7 Å². The standard InChI is InChI=1S/C23H19ClFN3O3/c1-11-4-7-16-13(9-11)23(22(31)26-16)19-18(17-3-2-8-27(17)23)20(29)28(21(19)30)12-5-6-15(25)14(24)10-12/h4-7,9-10,17-19H,2-3,8H2,1H3,(H,26,31)/t17-,18+,19+,23-/m1/s1. The van der Waals surface area contributed by atoms with Crippen LogP contribution in [0.2, 0.25) is 5.02 Å². The highest BCUT2D eigenvalue weighted by Crippen LogP contribution is 2.60. The molecule has 4 aliphatic rings. The molecule has 158 valence electrons. The van der Waals surface area contributed by atoms with Crippen molar-refractivity contribution in [3.63, 3.8) is 0 Å². The molecule has 0 aromatic heterocycles. The summed E-state index contributed by atoms with van der Waals surface area (Å²) in [5.74, 6) is -3.12. The zero-order valence-electron chi connectivity index (χ0n) is 16.7. The molecule has 0 aliphatic carbocycles. The van der Waals surface area contributed by atoms with Crippen molar-refractivity contribution in [2.75, 3.05) is 16.8 Å². The number of hydrogen-bond donors (Lipinski definition) is 1. The Morgan fingerprint density at radius 2 is 1.94 bits per heavy atom. The molecule has 31 heavy (non-hydrogen) atoms. The van der Waals surface area contributed by atoms with Gasteiger partial charge in [-0.05, 0) is 50.6 Å². The molecule has 3 saturated heterocycles. The number of anilines is 2. The number of amides is 3. The van der Waals surface area contributed by atoms with E-state index < -0.39 is 29.1 Å². The Labute approximate surface area is 183 Å². The molecule has 6 rings (SSSR count). The molecule has 6 nitrogen and oxygen atoms in total. The van der Waals surface area contributed by atoms with Gasteiger partial charge in [0.1, 0.15) is 11.4 Å². The number of nitrogens with one attached hydrogen (secondary N) is 1.